The van der Waals surface area contributed by atoms with Crippen LogP contribution in [-0.2, 0) is 14.4 Å². The van der Waals surface area contributed by atoms with Crippen LogP contribution >= 0.6 is 0 Å². The highest BCUT2D eigenvalue weighted by molar-refractivity contribution is 5.90. The summed E-state index contributed by atoms with van der Waals surface area (Å²) in [6.07, 6.45) is 1.52. The van der Waals surface area contributed by atoms with Gasteiger partial charge in [-0.15, -0.1) is 0 Å². The first kappa shape index (κ1) is 20.8. The number of amides is 2. The fourth-order valence-corrected chi connectivity index (χ4v) is 1.69. The molecule has 10 nitrogen and oxygen atoms in total. The van der Waals surface area contributed by atoms with E-state index in [1.54, 1.807) is 0 Å². The zero-order valence-corrected chi connectivity index (χ0v) is 13.4. The molecule has 0 spiro atoms. The molecule has 0 fully saturated rings. The average molecular weight is 330 g/mol. The van der Waals surface area contributed by atoms with Gasteiger partial charge in [-0.05, 0) is 26.8 Å². The van der Waals surface area contributed by atoms with Gasteiger partial charge in [-0.1, -0.05) is 0 Å². The number of hydrogen-bond acceptors (Lipinski definition) is 6. The monoisotopic (exact) mass is 330 g/mol. The number of guanidine groups is 1. The molecule has 132 valence electrons. The molecule has 0 aromatic carbocycles. The predicted octanol–water partition coefficient (Wildman–Crippen LogP) is -3.19. The van der Waals surface area contributed by atoms with Gasteiger partial charge in [-0.25, -0.2) is 0 Å². The smallest absolute Gasteiger partial charge is 0.242 e. The van der Waals surface area contributed by atoms with Gasteiger partial charge in [0.25, 0.3) is 0 Å². The van der Waals surface area contributed by atoms with E-state index in [1.807, 2.05) is 0 Å². The summed E-state index contributed by atoms with van der Waals surface area (Å²) < 4.78 is 0. The van der Waals surface area contributed by atoms with Crippen LogP contribution in [-0.4, -0.2) is 67.5 Å². The molecule has 3 atom stereocenters. The first-order valence-electron chi connectivity index (χ1n) is 7.25. The van der Waals surface area contributed by atoms with Crippen molar-refractivity contribution in [1.82, 2.24) is 16.0 Å². The van der Waals surface area contributed by atoms with Crippen molar-refractivity contribution in [2.75, 3.05) is 20.2 Å². The Kier molecular flexibility index (Phi) is 10.3. The van der Waals surface area contributed by atoms with E-state index in [4.69, 9.17) is 16.6 Å². The molecule has 0 bridgehead atoms. The standard InChI is InChI=1S/C13H26N6O4/c1-8(18-12(23)10(7-21)16-2)11(22)19-9(6-20)4-3-5-17-13(14)15/h6,8-10,16,21H,3-5,7H2,1-2H3,(H,18,23)(H,19,22)(H4,14,15,17)/t8-,9?,10+/m0/s1. The Bertz CT molecular complexity index is 421. The molecule has 0 aliphatic heterocycles. The van der Waals surface area contributed by atoms with Gasteiger partial charge in [0.05, 0.1) is 12.6 Å². The topological polar surface area (TPSA) is 172 Å². The lowest BCUT2D eigenvalue weighted by molar-refractivity contribution is -0.131. The van der Waals surface area contributed by atoms with Crippen molar-refractivity contribution in [2.45, 2.75) is 37.9 Å². The first-order valence-corrected chi connectivity index (χ1v) is 7.25. The molecule has 0 radical (unpaired) electrons. The molecular formula is C13H26N6O4. The molecule has 0 rings (SSSR count). The Balaban J connectivity index is 4.33. The third kappa shape index (κ3) is 8.73. The van der Waals surface area contributed by atoms with Gasteiger partial charge in [0.15, 0.2) is 5.96 Å². The molecule has 0 heterocycles. The number of nitrogens with one attached hydrogen (secondary N) is 3. The van der Waals surface area contributed by atoms with Crippen LogP contribution in [0, 0.1) is 0 Å². The SMILES string of the molecule is CN[C@H](CO)C(=O)N[C@@H](C)C(=O)NC(C=O)CCCN=C(N)N. The predicted molar refractivity (Wildman–Crippen MR) is 85.4 cm³/mol. The molecule has 0 aliphatic carbocycles. The average Bonchev–Trinajstić information content (AvgIpc) is 2.50. The zero-order chi connectivity index (χ0) is 17.8. The van der Waals surface area contributed by atoms with E-state index >= 15 is 0 Å². The van der Waals surface area contributed by atoms with E-state index in [2.05, 4.69) is 20.9 Å². The van der Waals surface area contributed by atoms with Crippen molar-refractivity contribution in [3.63, 3.8) is 0 Å². The second-order valence-corrected chi connectivity index (χ2v) is 4.95. The molecule has 8 N–H and O–H groups in total. The summed E-state index contributed by atoms with van der Waals surface area (Å²) in [7, 11) is 1.52. The van der Waals surface area contributed by atoms with Crippen molar-refractivity contribution in [2.24, 2.45) is 16.5 Å². The Morgan fingerprint density at radius 1 is 1.26 bits per heavy atom. The maximum atomic E-state index is 12.0. The minimum atomic E-state index is -0.843. The lowest BCUT2D eigenvalue weighted by atomic mass is 10.1. The van der Waals surface area contributed by atoms with Crippen LogP contribution in [0.2, 0.25) is 0 Å². The highest BCUT2D eigenvalue weighted by Gasteiger charge is 2.22. The largest absolute Gasteiger partial charge is 0.394 e. The Labute approximate surface area is 135 Å². The van der Waals surface area contributed by atoms with Crippen molar-refractivity contribution < 1.29 is 19.5 Å². The third-order valence-corrected chi connectivity index (χ3v) is 3.06. The van der Waals surface area contributed by atoms with Crippen molar-refractivity contribution >= 4 is 24.1 Å². The van der Waals surface area contributed by atoms with Gasteiger partial charge in [-0.2, -0.15) is 0 Å². The molecule has 0 aromatic rings. The molecule has 0 saturated carbocycles. The van der Waals surface area contributed by atoms with E-state index in [0.717, 1.165) is 0 Å². The molecule has 2 amide bonds. The summed E-state index contributed by atoms with van der Waals surface area (Å²) in [4.78, 5) is 38.4. The Morgan fingerprint density at radius 3 is 2.39 bits per heavy atom. The number of nitrogens with two attached hydrogens (primary N) is 2. The van der Waals surface area contributed by atoms with E-state index in [1.165, 1.54) is 14.0 Å². The van der Waals surface area contributed by atoms with Gasteiger partial charge >= 0.3 is 0 Å². The minimum Gasteiger partial charge on any atom is -0.394 e. The number of aldehydes is 1. The molecule has 0 aromatic heterocycles. The van der Waals surface area contributed by atoms with Crippen molar-refractivity contribution in [3.8, 4) is 0 Å². The number of nitrogens with zero attached hydrogens (tertiary/aromatic N) is 1. The molecule has 0 aliphatic rings. The van der Waals surface area contributed by atoms with Crippen LogP contribution in [0.3, 0.4) is 0 Å². The van der Waals surface area contributed by atoms with Crippen LogP contribution in [0.5, 0.6) is 0 Å². The van der Waals surface area contributed by atoms with Crippen molar-refractivity contribution in [3.05, 3.63) is 0 Å². The Morgan fingerprint density at radius 2 is 1.91 bits per heavy atom. The summed E-state index contributed by atoms with van der Waals surface area (Å²) in [5, 5.41) is 16.6. The molecule has 10 heteroatoms. The summed E-state index contributed by atoms with van der Waals surface area (Å²) in [6.45, 7) is 1.45. The number of likely N-dealkylation sites (N-methyl/N-ethyl adjacent to an activating group) is 1. The normalized spacial score (nSPS) is 14.2. The number of hydrogen-bond donors (Lipinski definition) is 6. The highest BCUT2D eigenvalue weighted by atomic mass is 16.3. The van der Waals surface area contributed by atoms with Crippen LogP contribution < -0.4 is 27.4 Å². The number of aliphatic imine (C=N–C) groups is 1. The van der Waals surface area contributed by atoms with E-state index in [0.29, 0.717) is 25.7 Å². The first-order chi connectivity index (χ1) is 10.8. The second kappa shape index (κ2) is 11.4. The maximum Gasteiger partial charge on any atom is 0.242 e. The second-order valence-electron chi connectivity index (χ2n) is 4.95. The number of rotatable bonds is 11. The van der Waals surface area contributed by atoms with Gasteiger partial charge in [-0.3, -0.25) is 14.6 Å². The molecule has 23 heavy (non-hydrogen) atoms. The van der Waals surface area contributed by atoms with Gasteiger partial charge in [0.1, 0.15) is 18.4 Å². The summed E-state index contributed by atoms with van der Waals surface area (Å²) in [6, 6.07) is -2.33. The molecule has 1 unspecified atom stereocenters. The van der Waals surface area contributed by atoms with Crippen LogP contribution in [0.4, 0.5) is 0 Å². The fraction of sp³-hybridized carbons (Fsp3) is 0.692. The maximum absolute atomic E-state index is 12.0. The van der Waals surface area contributed by atoms with Gasteiger partial charge in [0.2, 0.25) is 11.8 Å². The summed E-state index contributed by atoms with van der Waals surface area (Å²) in [5.74, 6) is -1.03. The van der Waals surface area contributed by atoms with Crippen LogP contribution in [0.15, 0.2) is 4.99 Å². The Hall–Kier alpha value is -2.20. The number of aliphatic hydroxyl groups is 1. The van der Waals surface area contributed by atoms with Gasteiger partial charge in [0, 0.05) is 6.54 Å². The van der Waals surface area contributed by atoms with E-state index in [-0.39, 0.29) is 5.96 Å². The van der Waals surface area contributed by atoms with Gasteiger partial charge < -0.3 is 37.3 Å². The van der Waals surface area contributed by atoms with Crippen LogP contribution in [0.25, 0.3) is 0 Å². The van der Waals surface area contributed by atoms with Crippen LogP contribution in [0.1, 0.15) is 19.8 Å². The quantitative estimate of drug-likeness (QED) is 0.100. The fourth-order valence-electron chi connectivity index (χ4n) is 1.69. The minimum absolute atomic E-state index is 0.0315. The van der Waals surface area contributed by atoms with E-state index in [9.17, 15) is 14.4 Å². The third-order valence-electron chi connectivity index (χ3n) is 3.06. The highest BCUT2D eigenvalue weighted by Crippen LogP contribution is 1.97. The lowest BCUT2D eigenvalue weighted by Gasteiger charge is -2.20. The molecule has 0 saturated heterocycles. The number of carbonyl (C=O) groups is 3. The van der Waals surface area contributed by atoms with E-state index < -0.39 is 36.5 Å². The summed E-state index contributed by atoms with van der Waals surface area (Å²) in [5.41, 5.74) is 10.4. The summed E-state index contributed by atoms with van der Waals surface area (Å²) >= 11 is 0. The van der Waals surface area contributed by atoms with Crippen molar-refractivity contribution in [1.29, 1.82) is 0 Å². The number of aliphatic hydroxyl groups excluding tert-OH is 1. The lowest BCUT2D eigenvalue weighted by Crippen LogP contribution is -2.53. The molecular weight excluding hydrogens is 304 g/mol. The zero-order valence-electron chi connectivity index (χ0n) is 13.4. The number of carbonyl (C=O) groups excluding carboxylic acids is 3.